The summed E-state index contributed by atoms with van der Waals surface area (Å²) in [6, 6.07) is 0.154. The van der Waals surface area contributed by atoms with Crippen molar-refractivity contribution < 1.29 is 14.1 Å². The quantitative estimate of drug-likeness (QED) is 0.793. The maximum atomic E-state index is 12.3. The Balaban J connectivity index is 1.41. The van der Waals surface area contributed by atoms with Crippen LogP contribution in [0.2, 0.25) is 0 Å². The Labute approximate surface area is 136 Å². The molecule has 128 valence electrons. The molecule has 8 nitrogen and oxygen atoms in total. The molecule has 1 atom stereocenters. The normalized spacial score (nSPS) is 23.2. The minimum absolute atomic E-state index is 0.154. The molecule has 0 radical (unpaired) electrons. The second kappa shape index (κ2) is 7.85. The van der Waals surface area contributed by atoms with Crippen LogP contribution in [0.1, 0.15) is 25.1 Å². The zero-order valence-electron chi connectivity index (χ0n) is 13.7. The molecule has 0 bridgehead atoms. The van der Waals surface area contributed by atoms with E-state index in [-0.39, 0.29) is 11.9 Å². The largest absolute Gasteiger partial charge is 0.378 e. The van der Waals surface area contributed by atoms with Gasteiger partial charge in [0.25, 0.3) is 0 Å². The highest BCUT2D eigenvalue weighted by Crippen LogP contribution is 2.09. The maximum Gasteiger partial charge on any atom is 0.226 e. The molecule has 0 aromatic carbocycles. The van der Waals surface area contributed by atoms with Crippen molar-refractivity contribution >= 4 is 5.91 Å². The molecule has 1 N–H and O–H groups in total. The smallest absolute Gasteiger partial charge is 0.226 e. The molecule has 1 aromatic heterocycles. The number of hydrogen-bond acceptors (Lipinski definition) is 7. The zero-order chi connectivity index (χ0) is 16.1. The molecule has 8 heteroatoms. The summed E-state index contributed by atoms with van der Waals surface area (Å²) in [5.41, 5.74) is 0. The summed E-state index contributed by atoms with van der Waals surface area (Å²) >= 11 is 0. The number of nitrogens with zero attached hydrogens (tertiary/aromatic N) is 4. The molecule has 1 unspecified atom stereocenters. The van der Waals surface area contributed by atoms with E-state index in [9.17, 15) is 4.79 Å². The Kier molecular flexibility index (Phi) is 5.58. The first-order valence-corrected chi connectivity index (χ1v) is 8.37. The summed E-state index contributed by atoms with van der Waals surface area (Å²) in [6.07, 6.45) is 1.28. The van der Waals surface area contributed by atoms with Crippen molar-refractivity contribution in [3.05, 3.63) is 11.7 Å². The molecular formula is C15H25N5O3. The third-order valence-corrected chi connectivity index (χ3v) is 4.32. The summed E-state index contributed by atoms with van der Waals surface area (Å²) in [6.45, 7) is 8.07. The lowest BCUT2D eigenvalue weighted by atomic mass is 10.1. The van der Waals surface area contributed by atoms with E-state index in [0.29, 0.717) is 25.5 Å². The Hall–Kier alpha value is -1.51. The fraction of sp³-hybridized carbons (Fsp3) is 0.800. The van der Waals surface area contributed by atoms with E-state index in [1.165, 1.54) is 0 Å². The van der Waals surface area contributed by atoms with Crippen molar-refractivity contribution in [2.24, 2.45) is 0 Å². The molecule has 0 aliphatic carbocycles. The number of morpholine rings is 1. The third kappa shape index (κ3) is 4.49. The number of aromatic nitrogens is 2. The van der Waals surface area contributed by atoms with E-state index in [0.717, 1.165) is 51.6 Å². The van der Waals surface area contributed by atoms with Crippen LogP contribution >= 0.6 is 0 Å². The molecule has 0 spiro atoms. The standard InChI is InChI=1S/C15H25N5O3/c1-2-14-17-13(18-23-14)10-19-4-6-20(7-5-19)15(21)9-12-11-22-8-3-16-12/h12,16H,2-11H2,1H3. The number of piperazine rings is 1. The fourth-order valence-corrected chi connectivity index (χ4v) is 2.94. The van der Waals surface area contributed by atoms with Gasteiger partial charge in [-0.15, -0.1) is 0 Å². The van der Waals surface area contributed by atoms with Crippen LogP contribution < -0.4 is 5.32 Å². The molecule has 2 saturated heterocycles. The van der Waals surface area contributed by atoms with Crippen LogP contribution in [0.15, 0.2) is 4.52 Å². The predicted molar refractivity (Wildman–Crippen MR) is 82.8 cm³/mol. The van der Waals surface area contributed by atoms with E-state index in [4.69, 9.17) is 9.26 Å². The summed E-state index contributed by atoms with van der Waals surface area (Å²) in [7, 11) is 0. The van der Waals surface area contributed by atoms with Crippen molar-refractivity contribution in [3.63, 3.8) is 0 Å². The number of nitrogens with one attached hydrogen (secondary N) is 1. The Morgan fingerprint density at radius 1 is 1.35 bits per heavy atom. The molecule has 2 aliphatic heterocycles. The minimum Gasteiger partial charge on any atom is -0.378 e. The lowest BCUT2D eigenvalue weighted by molar-refractivity contribution is -0.134. The molecule has 3 rings (SSSR count). The number of carbonyl (C=O) groups excluding carboxylic acids is 1. The molecule has 1 aromatic rings. The number of hydrogen-bond donors (Lipinski definition) is 1. The lowest BCUT2D eigenvalue weighted by Gasteiger charge is -2.35. The van der Waals surface area contributed by atoms with Crippen molar-refractivity contribution in [2.75, 3.05) is 45.9 Å². The second-order valence-corrected chi connectivity index (χ2v) is 6.04. The molecule has 0 saturated carbocycles. The van der Waals surface area contributed by atoms with Gasteiger partial charge in [-0.1, -0.05) is 12.1 Å². The van der Waals surface area contributed by atoms with E-state index in [1.807, 2.05) is 11.8 Å². The molecular weight excluding hydrogens is 298 g/mol. The van der Waals surface area contributed by atoms with Crippen LogP contribution in [-0.2, 0) is 22.5 Å². The van der Waals surface area contributed by atoms with Gasteiger partial charge in [0.2, 0.25) is 11.8 Å². The maximum absolute atomic E-state index is 12.3. The highest BCUT2D eigenvalue weighted by Gasteiger charge is 2.25. The number of carbonyl (C=O) groups is 1. The van der Waals surface area contributed by atoms with Crippen LogP contribution in [0.3, 0.4) is 0 Å². The van der Waals surface area contributed by atoms with Gasteiger partial charge in [0.15, 0.2) is 5.82 Å². The van der Waals surface area contributed by atoms with Crippen LogP contribution in [0, 0.1) is 0 Å². The van der Waals surface area contributed by atoms with Gasteiger partial charge in [-0.05, 0) is 0 Å². The predicted octanol–water partition coefficient (Wildman–Crippen LogP) is -0.345. The summed E-state index contributed by atoms with van der Waals surface area (Å²) in [4.78, 5) is 20.9. The highest BCUT2D eigenvalue weighted by molar-refractivity contribution is 5.77. The van der Waals surface area contributed by atoms with Gasteiger partial charge < -0.3 is 19.5 Å². The van der Waals surface area contributed by atoms with Gasteiger partial charge in [-0.25, -0.2) is 0 Å². The summed E-state index contributed by atoms with van der Waals surface area (Å²) in [5.74, 6) is 1.61. The van der Waals surface area contributed by atoms with Crippen molar-refractivity contribution in [1.82, 2.24) is 25.3 Å². The van der Waals surface area contributed by atoms with Crippen molar-refractivity contribution in [2.45, 2.75) is 32.4 Å². The highest BCUT2D eigenvalue weighted by atomic mass is 16.5. The van der Waals surface area contributed by atoms with Gasteiger partial charge in [-0.2, -0.15) is 4.98 Å². The van der Waals surface area contributed by atoms with Gasteiger partial charge in [-0.3, -0.25) is 9.69 Å². The minimum atomic E-state index is 0.154. The van der Waals surface area contributed by atoms with Crippen LogP contribution in [0.5, 0.6) is 0 Å². The molecule has 2 fully saturated rings. The first-order chi connectivity index (χ1) is 11.2. The lowest BCUT2D eigenvalue weighted by Crippen LogP contribution is -2.51. The number of aryl methyl sites for hydroxylation is 1. The third-order valence-electron chi connectivity index (χ3n) is 4.32. The van der Waals surface area contributed by atoms with Gasteiger partial charge in [0.05, 0.1) is 19.8 Å². The zero-order valence-corrected chi connectivity index (χ0v) is 13.7. The average molecular weight is 323 g/mol. The molecule has 23 heavy (non-hydrogen) atoms. The first-order valence-electron chi connectivity index (χ1n) is 8.37. The molecule has 1 amide bonds. The Bertz CT molecular complexity index is 507. The van der Waals surface area contributed by atoms with Crippen LogP contribution in [0.4, 0.5) is 0 Å². The Morgan fingerprint density at radius 3 is 2.83 bits per heavy atom. The number of rotatable bonds is 5. The topological polar surface area (TPSA) is 83.7 Å². The summed E-state index contributed by atoms with van der Waals surface area (Å²) in [5, 5.41) is 7.31. The fourth-order valence-electron chi connectivity index (χ4n) is 2.94. The Morgan fingerprint density at radius 2 is 2.17 bits per heavy atom. The van der Waals surface area contributed by atoms with Gasteiger partial charge in [0, 0.05) is 51.6 Å². The molecule has 2 aliphatic rings. The second-order valence-electron chi connectivity index (χ2n) is 6.04. The van der Waals surface area contributed by atoms with Crippen LogP contribution in [-0.4, -0.2) is 77.8 Å². The molecule has 3 heterocycles. The van der Waals surface area contributed by atoms with E-state index >= 15 is 0 Å². The van der Waals surface area contributed by atoms with Crippen LogP contribution in [0.25, 0.3) is 0 Å². The van der Waals surface area contributed by atoms with E-state index in [2.05, 4.69) is 20.4 Å². The SMILES string of the molecule is CCc1nc(CN2CCN(C(=O)CC3COCCN3)CC2)no1. The van der Waals surface area contributed by atoms with E-state index in [1.54, 1.807) is 0 Å². The monoisotopic (exact) mass is 323 g/mol. The van der Waals surface area contributed by atoms with Crippen molar-refractivity contribution in [3.8, 4) is 0 Å². The average Bonchev–Trinajstić information content (AvgIpc) is 3.04. The van der Waals surface area contributed by atoms with Gasteiger partial charge in [0.1, 0.15) is 0 Å². The number of ether oxygens (including phenoxy) is 1. The summed E-state index contributed by atoms with van der Waals surface area (Å²) < 4.78 is 10.5. The van der Waals surface area contributed by atoms with Gasteiger partial charge >= 0.3 is 0 Å². The van der Waals surface area contributed by atoms with E-state index < -0.39 is 0 Å². The number of amides is 1. The van der Waals surface area contributed by atoms with Crippen molar-refractivity contribution in [1.29, 1.82) is 0 Å². The first kappa shape index (κ1) is 16.4.